The van der Waals surface area contributed by atoms with E-state index in [2.05, 4.69) is 5.16 Å². The minimum absolute atomic E-state index is 0.131. The minimum Gasteiger partial charge on any atom is -0.388 e. The molecule has 0 amide bonds. The van der Waals surface area contributed by atoms with E-state index in [1.54, 1.807) is 13.0 Å². The first-order chi connectivity index (χ1) is 6.18. The number of aromatic nitrogens is 1. The van der Waals surface area contributed by atoms with Gasteiger partial charge in [0.25, 0.3) is 0 Å². The number of hydrogen-bond donors (Lipinski definition) is 2. The molecule has 2 heterocycles. The molecule has 0 bridgehead atoms. The van der Waals surface area contributed by atoms with Gasteiger partial charge in [0.15, 0.2) is 5.76 Å². The van der Waals surface area contributed by atoms with E-state index in [-0.39, 0.29) is 6.61 Å². The lowest BCUT2D eigenvalue weighted by Crippen LogP contribution is -2.24. The Labute approximate surface area is 74.9 Å². The quantitative estimate of drug-likeness (QED) is 0.632. The largest absolute Gasteiger partial charge is 0.388 e. The molecule has 1 saturated heterocycles. The molecule has 2 N–H and O–H groups in total. The van der Waals surface area contributed by atoms with Crippen LogP contribution in [0.2, 0.25) is 0 Å². The molecule has 1 aliphatic heterocycles. The van der Waals surface area contributed by atoms with Crippen LogP contribution in [-0.4, -0.2) is 34.2 Å². The fraction of sp³-hybridized carbons (Fsp3) is 0.625. The van der Waals surface area contributed by atoms with E-state index in [4.69, 9.17) is 9.26 Å². The predicted octanol–water partition coefficient (Wildman–Crippen LogP) is -0.224. The van der Waals surface area contributed by atoms with Gasteiger partial charge in [0.1, 0.15) is 18.3 Å². The van der Waals surface area contributed by atoms with Gasteiger partial charge in [0, 0.05) is 6.07 Å². The summed E-state index contributed by atoms with van der Waals surface area (Å²) in [5.41, 5.74) is 0.729. The van der Waals surface area contributed by atoms with Crippen molar-refractivity contribution in [3.8, 4) is 0 Å². The van der Waals surface area contributed by atoms with Crippen molar-refractivity contribution in [2.24, 2.45) is 0 Å². The van der Waals surface area contributed by atoms with E-state index < -0.39 is 18.3 Å². The number of aliphatic hydroxyl groups excluding tert-OH is 2. The van der Waals surface area contributed by atoms with Crippen LogP contribution in [-0.2, 0) is 4.74 Å². The molecule has 1 aromatic rings. The van der Waals surface area contributed by atoms with Gasteiger partial charge < -0.3 is 19.5 Å². The van der Waals surface area contributed by atoms with E-state index in [9.17, 15) is 10.2 Å². The Morgan fingerprint density at radius 2 is 2.31 bits per heavy atom. The fourth-order valence-electron chi connectivity index (χ4n) is 1.37. The Hall–Kier alpha value is -0.910. The summed E-state index contributed by atoms with van der Waals surface area (Å²) in [5.74, 6) is 0.460. The highest BCUT2D eigenvalue weighted by Crippen LogP contribution is 2.29. The van der Waals surface area contributed by atoms with Crippen LogP contribution in [0.3, 0.4) is 0 Å². The van der Waals surface area contributed by atoms with Crippen LogP contribution in [0.25, 0.3) is 0 Å². The number of ether oxygens (including phenoxy) is 1. The molecule has 0 aliphatic carbocycles. The highest BCUT2D eigenvalue weighted by Gasteiger charge is 2.37. The summed E-state index contributed by atoms with van der Waals surface area (Å²) in [4.78, 5) is 0. The van der Waals surface area contributed by atoms with E-state index in [0.29, 0.717) is 5.76 Å². The van der Waals surface area contributed by atoms with Crippen LogP contribution < -0.4 is 0 Å². The number of hydrogen-bond acceptors (Lipinski definition) is 5. The van der Waals surface area contributed by atoms with Crippen molar-refractivity contribution in [1.82, 2.24) is 5.16 Å². The molecule has 0 spiro atoms. The third kappa shape index (κ3) is 1.46. The highest BCUT2D eigenvalue weighted by molar-refractivity contribution is 5.09. The van der Waals surface area contributed by atoms with Crippen LogP contribution in [0.1, 0.15) is 17.6 Å². The monoisotopic (exact) mass is 185 g/mol. The van der Waals surface area contributed by atoms with E-state index >= 15 is 0 Å². The highest BCUT2D eigenvalue weighted by atomic mass is 16.6. The van der Waals surface area contributed by atoms with Gasteiger partial charge in [-0.3, -0.25) is 0 Å². The molecule has 2 rings (SSSR count). The van der Waals surface area contributed by atoms with Gasteiger partial charge in [0.05, 0.1) is 12.3 Å². The van der Waals surface area contributed by atoms with Crippen LogP contribution in [0, 0.1) is 6.92 Å². The SMILES string of the molecule is Cc1cc(C2OCC(O)C2O)on1. The van der Waals surface area contributed by atoms with Gasteiger partial charge in [-0.1, -0.05) is 5.16 Å². The molecule has 0 aromatic carbocycles. The molecule has 13 heavy (non-hydrogen) atoms. The van der Waals surface area contributed by atoms with Gasteiger partial charge in [-0.05, 0) is 6.92 Å². The van der Waals surface area contributed by atoms with E-state index in [1.807, 2.05) is 0 Å². The minimum atomic E-state index is -0.924. The number of nitrogens with zero attached hydrogens (tertiary/aromatic N) is 1. The average Bonchev–Trinajstić information content (AvgIpc) is 2.62. The smallest absolute Gasteiger partial charge is 0.168 e. The van der Waals surface area contributed by atoms with Crippen LogP contribution in [0.4, 0.5) is 0 Å². The second-order valence-electron chi connectivity index (χ2n) is 3.18. The summed E-state index contributed by atoms with van der Waals surface area (Å²) in [7, 11) is 0. The Morgan fingerprint density at radius 3 is 2.77 bits per heavy atom. The standard InChI is InChI=1S/C8H11NO4/c1-4-2-6(13-9-4)8-7(11)5(10)3-12-8/h2,5,7-8,10-11H,3H2,1H3. The molecule has 5 nitrogen and oxygen atoms in total. The van der Waals surface area contributed by atoms with Crippen molar-refractivity contribution in [3.05, 3.63) is 17.5 Å². The van der Waals surface area contributed by atoms with Gasteiger partial charge in [-0.2, -0.15) is 0 Å². The van der Waals surface area contributed by atoms with Crippen LogP contribution >= 0.6 is 0 Å². The zero-order valence-corrected chi connectivity index (χ0v) is 7.17. The van der Waals surface area contributed by atoms with Gasteiger partial charge in [-0.25, -0.2) is 0 Å². The zero-order chi connectivity index (χ0) is 9.42. The lowest BCUT2D eigenvalue weighted by atomic mass is 10.1. The second-order valence-corrected chi connectivity index (χ2v) is 3.18. The summed E-state index contributed by atoms with van der Waals surface area (Å²) in [6.45, 7) is 1.91. The molecule has 1 aromatic heterocycles. The summed E-state index contributed by atoms with van der Waals surface area (Å²) in [6.07, 6.45) is -2.35. The van der Waals surface area contributed by atoms with Crippen molar-refractivity contribution in [2.45, 2.75) is 25.2 Å². The van der Waals surface area contributed by atoms with Gasteiger partial charge >= 0.3 is 0 Å². The topological polar surface area (TPSA) is 75.7 Å². The average molecular weight is 185 g/mol. The molecule has 1 fully saturated rings. The number of rotatable bonds is 1. The number of aliphatic hydroxyl groups is 2. The van der Waals surface area contributed by atoms with Gasteiger partial charge in [-0.15, -0.1) is 0 Å². The second kappa shape index (κ2) is 3.10. The van der Waals surface area contributed by atoms with Crippen LogP contribution in [0.15, 0.2) is 10.6 Å². The summed E-state index contributed by atoms with van der Waals surface area (Å²) >= 11 is 0. The first-order valence-corrected chi connectivity index (χ1v) is 4.09. The molecule has 0 radical (unpaired) electrons. The van der Waals surface area contributed by atoms with Crippen molar-refractivity contribution in [2.75, 3.05) is 6.61 Å². The van der Waals surface area contributed by atoms with Crippen molar-refractivity contribution < 1.29 is 19.5 Å². The predicted molar refractivity (Wildman–Crippen MR) is 41.9 cm³/mol. The number of aryl methyl sites for hydroxylation is 1. The van der Waals surface area contributed by atoms with Crippen molar-refractivity contribution in [1.29, 1.82) is 0 Å². The van der Waals surface area contributed by atoms with Crippen molar-refractivity contribution >= 4 is 0 Å². The Kier molecular flexibility index (Phi) is 2.07. The van der Waals surface area contributed by atoms with E-state index in [1.165, 1.54) is 0 Å². The maximum atomic E-state index is 9.46. The normalized spacial score (nSPS) is 33.9. The summed E-state index contributed by atoms with van der Waals surface area (Å²) in [6, 6.07) is 1.69. The molecule has 3 atom stereocenters. The molecule has 0 saturated carbocycles. The first-order valence-electron chi connectivity index (χ1n) is 4.09. The van der Waals surface area contributed by atoms with Gasteiger partial charge in [0.2, 0.25) is 0 Å². The molecule has 72 valence electrons. The molecule has 5 heteroatoms. The lowest BCUT2D eigenvalue weighted by Gasteiger charge is -2.10. The molecule has 3 unspecified atom stereocenters. The molecular formula is C8H11NO4. The van der Waals surface area contributed by atoms with Crippen molar-refractivity contribution in [3.63, 3.8) is 0 Å². The third-order valence-electron chi connectivity index (χ3n) is 2.08. The first kappa shape index (κ1) is 8.68. The fourth-order valence-corrected chi connectivity index (χ4v) is 1.37. The Morgan fingerprint density at radius 1 is 1.54 bits per heavy atom. The summed E-state index contributed by atoms with van der Waals surface area (Å²) in [5, 5.41) is 22.3. The maximum absolute atomic E-state index is 9.46. The summed E-state index contributed by atoms with van der Waals surface area (Å²) < 4.78 is 10.1. The zero-order valence-electron chi connectivity index (χ0n) is 7.17. The maximum Gasteiger partial charge on any atom is 0.168 e. The molecular weight excluding hydrogens is 174 g/mol. The Balaban J connectivity index is 2.18. The van der Waals surface area contributed by atoms with E-state index in [0.717, 1.165) is 5.69 Å². The molecule has 1 aliphatic rings. The third-order valence-corrected chi connectivity index (χ3v) is 2.08. The lowest BCUT2D eigenvalue weighted by molar-refractivity contribution is 0.00917. The van der Waals surface area contributed by atoms with Crippen LogP contribution in [0.5, 0.6) is 0 Å². The Bertz CT molecular complexity index is 298.